The number of carbonyl (C=O) groups is 4. The van der Waals surface area contributed by atoms with Gasteiger partial charge in [0.1, 0.15) is 26.4 Å². The van der Waals surface area contributed by atoms with Crippen LogP contribution in [0, 0.1) is 29.6 Å². The summed E-state index contributed by atoms with van der Waals surface area (Å²) in [6.07, 6.45) is 8.06. The van der Waals surface area contributed by atoms with Crippen LogP contribution in [0.25, 0.3) is 0 Å². The van der Waals surface area contributed by atoms with Crippen LogP contribution in [0.4, 0.5) is 9.59 Å². The van der Waals surface area contributed by atoms with Gasteiger partial charge < -0.3 is 29.6 Å². The molecular weight excluding hydrogens is 456 g/mol. The Morgan fingerprint density at radius 1 is 0.771 bits per heavy atom. The van der Waals surface area contributed by atoms with Crippen molar-refractivity contribution in [3.8, 4) is 0 Å². The third kappa shape index (κ3) is 9.26. The van der Waals surface area contributed by atoms with Crippen LogP contribution >= 0.6 is 0 Å². The summed E-state index contributed by atoms with van der Waals surface area (Å²) < 4.78 is 18.9. The fourth-order valence-corrected chi connectivity index (χ4v) is 5.58. The second kappa shape index (κ2) is 15.1. The monoisotopic (exact) mass is 494 g/mol. The lowest BCUT2D eigenvalue weighted by Gasteiger charge is -2.31. The maximum Gasteiger partial charge on any atom is 0.407 e. The summed E-state index contributed by atoms with van der Waals surface area (Å²) in [5.74, 6) is 3.20. The highest BCUT2D eigenvalue weighted by atomic mass is 16.6. The zero-order valence-electron chi connectivity index (χ0n) is 20.5. The van der Waals surface area contributed by atoms with Crippen LogP contribution in [0.5, 0.6) is 0 Å². The zero-order chi connectivity index (χ0) is 25.6. The maximum atomic E-state index is 11.7. The van der Waals surface area contributed by atoms with Crippen molar-refractivity contribution in [2.24, 2.45) is 29.6 Å². The fourth-order valence-electron chi connectivity index (χ4n) is 5.58. The van der Waals surface area contributed by atoms with E-state index in [1.54, 1.807) is 6.92 Å². The topological polar surface area (TPSA) is 129 Å². The molecule has 0 saturated heterocycles. The number of ether oxygens (including phenoxy) is 4. The Kier molecular flexibility index (Phi) is 12.1. The van der Waals surface area contributed by atoms with Crippen molar-refractivity contribution in [3.05, 3.63) is 25.3 Å². The van der Waals surface area contributed by atoms with Gasteiger partial charge in [0.25, 0.3) is 0 Å². The first-order valence-electron chi connectivity index (χ1n) is 12.3. The van der Waals surface area contributed by atoms with Gasteiger partial charge in [-0.1, -0.05) is 19.6 Å². The van der Waals surface area contributed by atoms with Gasteiger partial charge >= 0.3 is 24.1 Å². The first kappa shape index (κ1) is 28.2. The van der Waals surface area contributed by atoms with Crippen LogP contribution in [0.15, 0.2) is 25.3 Å². The van der Waals surface area contributed by atoms with Crippen LogP contribution in [-0.4, -0.2) is 63.6 Å². The Morgan fingerprint density at radius 2 is 1.31 bits per heavy atom. The largest absolute Gasteiger partial charge is 0.459 e. The molecule has 3 aliphatic carbocycles. The lowest BCUT2D eigenvalue weighted by atomic mass is 9.76. The summed E-state index contributed by atoms with van der Waals surface area (Å²) in [6, 6.07) is 0. The van der Waals surface area contributed by atoms with Crippen molar-refractivity contribution in [1.82, 2.24) is 10.6 Å². The number of hydrogen-bond acceptors (Lipinski definition) is 8. The molecule has 2 amide bonds. The highest BCUT2D eigenvalue weighted by Crippen LogP contribution is 2.60. The van der Waals surface area contributed by atoms with Crippen LogP contribution in [0.2, 0.25) is 0 Å². The predicted molar refractivity (Wildman–Crippen MR) is 127 cm³/mol. The van der Waals surface area contributed by atoms with Crippen LogP contribution < -0.4 is 10.6 Å². The third-order valence-corrected chi connectivity index (χ3v) is 6.85. The SMILES string of the molecule is C=CC(=O)OCCOC(=O)NCC.C=CC(=O)OCCOC(=O)NCC1CC2CC1C1CCCC21. The zero-order valence-corrected chi connectivity index (χ0v) is 20.5. The Morgan fingerprint density at radius 3 is 1.89 bits per heavy atom. The molecule has 2 bridgehead atoms. The molecule has 3 aliphatic rings. The van der Waals surface area contributed by atoms with Gasteiger partial charge in [-0.05, 0) is 62.2 Å². The Bertz CT molecular complexity index is 756. The molecule has 3 saturated carbocycles. The van der Waals surface area contributed by atoms with Crippen molar-refractivity contribution in [1.29, 1.82) is 0 Å². The van der Waals surface area contributed by atoms with E-state index in [1.807, 2.05) is 0 Å². The van der Waals surface area contributed by atoms with E-state index in [1.165, 1.54) is 32.1 Å². The van der Waals surface area contributed by atoms with Gasteiger partial charge in [0, 0.05) is 25.2 Å². The standard InChI is InChI=1S/C17H25NO4.C8H13NO4/c1-2-16(19)21-6-7-22-17(20)18-10-12-8-11-9-15(12)14-5-3-4-13(11)14;1-3-7(10)12-5-6-13-8(11)9-4-2/h2,11-15H,1,3-10H2,(H,18,20);3H,1,4-6H2,2H3,(H,9,11). The number of hydrogen-bond donors (Lipinski definition) is 2. The summed E-state index contributed by atoms with van der Waals surface area (Å²) in [4.78, 5) is 43.6. The van der Waals surface area contributed by atoms with E-state index in [-0.39, 0.29) is 26.4 Å². The summed E-state index contributed by atoms with van der Waals surface area (Å²) in [6.45, 7) is 9.74. The highest BCUT2D eigenvalue weighted by molar-refractivity contribution is 5.81. The minimum absolute atomic E-state index is 0.0436. The third-order valence-electron chi connectivity index (χ3n) is 6.85. The van der Waals surface area contributed by atoms with E-state index < -0.39 is 24.1 Å². The summed E-state index contributed by atoms with van der Waals surface area (Å²) in [7, 11) is 0. The number of nitrogens with one attached hydrogen (secondary N) is 2. The van der Waals surface area contributed by atoms with E-state index in [9.17, 15) is 19.2 Å². The Balaban J connectivity index is 0.000000287. The van der Waals surface area contributed by atoms with Crippen molar-refractivity contribution in [2.75, 3.05) is 39.5 Å². The van der Waals surface area contributed by atoms with Crippen LogP contribution in [0.3, 0.4) is 0 Å². The number of esters is 2. The number of rotatable bonds is 11. The first-order valence-corrected chi connectivity index (χ1v) is 12.3. The molecule has 5 unspecified atom stereocenters. The van der Waals surface area contributed by atoms with Crippen molar-refractivity contribution in [3.63, 3.8) is 0 Å². The van der Waals surface area contributed by atoms with Gasteiger partial charge in [-0.2, -0.15) is 0 Å². The van der Waals surface area contributed by atoms with E-state index >= 15 is 0 Å². The molecular formula is C25H38N2O8. The molecule has 196 valence electrons. The second-order valence-corrected chi connectivity index (χ2v) is 8.84. The molecule has 0 heterocycles. The molecule has 2 N–H and O–H groups in total. The van der Waals surface area contributed by atoms with E-state index in [0.717, 1.165) is 42.4 Å². The van der Waals surface area contributed by atoms with Crippen molar-refractivity contribution in [2.45, 2.75) is 39.0 Å². The minimum atomic E-state index is -0.528. The lowest BCUT2D eigenvalue weighted by Crippen LogP contribution is -2.35. The molecule has 10 heteroatoms. The van der Waals surface area contributed by atoms with Gasteiger partial charge in [0.2, 0.25) is 0 Å². The highest BCUT2D eigenvalue weighted by Gasteiger charge is 2.53. The number of amides is 2. The smallest absolute Gasteiger partial charge is 0.407 e. The second-order valence-electron chi connectivity index (χ2n) is 8.84. The Hall–Kier alpha value is -3.04. The molecule has 0 aromatic heterocycles. The first-order chi connectivity index (χ1) is 16.9. The maximum absolute atomic E-state index is 11.7. The number of alkyl carbamates (subject to hydrolysis) is 2. The summed E-state index contributed by atoms with van der Waals surface area (Å²) >= 11 is 0. The quantitative estimate of drug-likeness (QED) is 0.194. The average Bonchev–Trinajstić information content (AvgIpc) is 3.57. The molecule has 0 aliphatic heterocycles. The Labute approximate surface area is 206 Å². The molecule has 0 radical (unpaired) electrons. The van der Waals surface area contributed by atoms with Gasteiger partial charge in [0.05, 0.1) is 0 Å². The molecule has 0 spiro atoms. The average molecular weight is 495 g/mol. The minimum Gasteiger partial charge on any atom is -0.459 e. The predicted octanol–water partition coefficient (Wildman–Crippen LogP) is 2.98. The van der Waals surface area contributed by atoms with E-state index in [2.05, 4.69) is 33.3 Å². The molecule has 3 fully saturated rings. The van der Waals surface area contributed by atoms with Crippen molar-refractivity contribution < 1.29 is 38.1 Å². The molecule has 3 rings (SSSR count). The fraction of sp³-hybridized carbons (Fsp3) is 0.680. The number of fused-ring (bicyclic) bond motifs is 5. The van der Waals surface area contributed by atoms with Gasteiger partial charge in [0.15, 0.2) is 0 Å². The number of carbonyl (C=O) groups excluding carboxylic acids is 4. The van der Waals surface area contributed by atoms with Crippen LogP contribution in [-0.2, 0) is 28.5 Å². The van der Waals surface area contributed by atoms with Gasteiger partial charge in [-0.25, -0.2) is 19.2 Å². The van der Waals surface area contributed by atoms with Crippen molar-refractivity contribution >= 4 is 24.1 Å². The molecule has 5 atom stereocenters. The normalized spacial score (nSPS) is 25.2. The van der Waals surface area contributed by atoms with Gasteiger partial charge in [-0.15, -0.1) is 0 Å². The summed E-state index contributed by atoms with van der Waals surface area (Å²) in [5, 5.41) is 5.30. The molecule has 10 nitrogen and oxygen atoms in total. The van der Waals surface area contributed by atoms with E-state index in [0.29, 0.717) is 12.5 Å². The lowest BCUT2D eigenvalue weighted by molar-refractivity contribution is -0.139. The van der Waals surface area contributed by atoms with Gasteiger partial charge in [-0.3, -0.25) is 0 Å². The van der Waals surface area contributed by atoms with Crippen LogP contribution in [0.1, 0.15) is 39.0 Å². The molecule has 35 heavy (non-hydrogen) atoms. The summed E-state index contributed by atoms with van der Waals surface area (Å²) in [5.41, 5.74) is 0. The van der Waals surface area contributed by atoms with E-state index in [4.69, 9.17) is 9.47 Å². The molecule has 0 aromatic rings. The molecule has 0 aromatic carbocycles.